The minimum Gasteiger partial charge on any atom is -0.496 e. The fourth-order valence-electron chi connectivity index (χ4n) is 2.93. The summed E-state index contributed by atoms with van der Waals surface area (Å²) in [4.78, 5) is 16.4. The Hall–Kier alpha value is -3.34. The van der Waals surface area contributed by atoms with Crippen molar-refractivity contribution in [1.82, 2.24) is 4.98 Å². The molecule has 1 amide bonds. The highest BCUT2D eigenvalue weighted by Crippen LogP contribution is 2.18. The minimum absolute atomic E-state index is 0.0340. The van der Waals surface area contributed by atoms with E-state index in [0.29, 0.717) is 12.2 Å². The highest BCUT2D eigenvalue weighted by molar-refractivity contribution is 5.89. The van der Waals surface area contributed by atoms with Crippen molar-refractivity contribution < 1.29 is 9.53 Å². The van der Waals surface area contributed by atoms with Gasteiger partial charge < -0.3 is 15.4 Å². The number of nitrogens with zero attached hydrogens (tertiary/aromatic N) is 1. The molecule has 0 saturated heterocycles. The molecule has 0 radical (unpaired) electrons. The Labute approximate surface area is 165 Å². The van der Waals surface area contributed by atoms with Crippen LogP contribution >= 0.6 is 0 Å². The SMILES string of the molecule is COc1ccccc1CCNc1ccc(NC(=O)CCc2ccccc2)nc1. The Kier molecular flexibility index (Phi) is 7.01. The summed E-state index contributed by atoms with van der Waals surface area (Å²) >= 11 is 0. The number of nitrogens with one attached hydrogen (secondary N) is 2. The zero-order chi connectivity index (χ0) is 19.6. The van der Waals surface area contributed by atoms with Crippen LogP contribution in [0.5, 0.6) is 5.75 Å². The van der Waals surface area contributed by atoms with E-state index >= 15 is 0 Å². The summed E-state index contributed by atoms with van der Waals surface area (Å²) in [5, 5.41) is 6.18. The molecule has 0 fully saturated rings. The van der Waals surface area contributed by atoms with Crippen LogP contribution in [0, 0.1) is 0 Å². The van der Waals surface area contributed by atoms with Crippen LogP contribution in [-0.4, -0.2) is 24.5 Å². The van der Waals surface area contributed by atoms with E-state index < -0.39 is 0 Å². The maximum Gasteiger partial charge on any atom is 0.225 e. The summed E-state index contributed by atoms with van der Waals surface area (Å²) in [6.45, 7) is 0.769. The van der Waals surface area contributed by atoms with E-state index in [1.807, 2.05) is 60.7 Å². The van der Waals surface area contributed by atoms with E-state index in [-0.39, 0.29) is 5.91 Å². The number of aryl methyl sites for hydroxylation is 1. The highest BCUT2D eigenvalue weighted by Gasteiger charge is 2.05. The molecule has 0 spiro atoms. The standard InChI is InChI=1S/C23H25N3O2/c1-28-21-10-6-5-9-19(21)15-16-24-20-12-13-22(25-17-20)26-23(27)14-11-18-7-3-2-4-8-18/h2-10,12-13,17,24H,11,14-16H2,1H3,(H,25,26,27). The van der Waals surface area contributed by atoms with Crippen LogP contribution < -0.4 is 15.4 Å². The quantitative estimate of drug-likeness (QED) is 0.585. The Morgan fingerprint density at radius 2 is 1.75 bits per heavy atom. The molecule has 5 heteroatoms. The number of hydrogen-bond acceptors (Lipinski definition) is 4. The normalized spacial score (nSPS) is 10.3. The molecule has 3 aromatic rings. The smallest absolute Gasteiger partial charge is 0.225 e. The number of carbonyl (C=O) groups is 1. The molecule has 0 bridgehead atoms. The maximum atomic E-state index is 12.1. The number of para-hydroxylation sites is 1. The lowest BCUT2D eigenvalue weighted by Crippen LogP contribution is -2.13. The summed E-state index contributed by atoms with van der Waals surface area (Å²) in [5.41, 5.74) is 3.23. The number of aromatic nitrogens is 1. The predicted octanol–water partition coefficient (Wildman–Crippen LogP) is 4.32. The summed E-state index contributed by atoms with van der Waals surface area (Å²) in [6.07, 6.45) is 3.73. The number of amides is 1. The molecule has 1 aromatic heterocycles. The number of ether oxygens (including phenoxy) is 1. The molecule has 2 aromatic carbocycles. The van der Waals surface area contributed by atoms with E-state index in [1.54, 1.807) is 13.3 Å². The molecule has 0 aliphatic rings. The molecule has 0 aliphatic carbocycles. The first-order valence-corrected chi connectivity index (χ1v) is 9.40. The summed E-state index contributed by atoms with van der Waals surface area (Å²) < 4.78 is 5.37. The van der Waals surface area contributed by atoms with Gasteiger partial charge >= 0.3 is 0 Å². The van der Waals surface area contributed by atoms with Gasteiger partial charge in [0.1, 0.15) is 11.6 Å². The average Bonchev–Trinajstić information content (AvgIpc) is 2.74. The minimum atomic E-state index is -0.0340. The van der Waals surface area contributed by atoms with Crippen LogP contribution in [0.25, 0.3) is 0 Å². The summed E-state index contributed by atoms with van der Waals surface area (Å²) in [7, 11) is 1.68. The van der Waals surface area contributed by atoms with Crippen molar-refractivity contribution in [3.05, 3.63) is 84.1 Å². The first kappa shape index (κ1) is 19.4. The van der Waals surface area contributed by atoms with Crippen molar-refractivity contribution >= 4 is 17.4 Å². The van der Waals surface area contributed by atoms with E-state index in [2.05, 4.69) is 21.7 Å². The van der Waals surface area contributed by atoms with Gasteiger partial charge in [0.05, 0.1) is 19.0 Å². The lowest BCUT2D eigenvalue weighted by molar-refractivity contribution is -0.116. The number of methoxy groups -OCH3 is 1. The van der Waals surface area contributed by atoms with Crippen molar-refractivity contribution in [3.8, 4) is 5.75 Å². The first-order chi connectivity index (χ1) is 13.7. The fourth-order valence-corrected chi connectivity index (χ4v) is 2.93. The third kappa shape index (κ3) is 5.84. The van der Waals surface area contributed by atoms with Gasteiger partial charge in [-0.05, 0) is 42.2 Å². The van der Waals surface area contributed by atoms with Crippen molar-refractivity contribution in [2.75, 3.05) is 24.3 Å². The second kappa shape index (κ2) is 10.1. The van der Waals surface area contributed by atoms with Crippen LogP contribution in [0.3, 0.4) is 0 Å². The van der Waals surface area contributed by atoms with Gasteiger partial charge in [0.2, 0.25) is 5.91 Å². The van der Waals surface area contributed by atoms with Gasteiger partial charge in [0.15, 0.2) is 0 Å². The van der Waals surface area contributed by atoms with E-state index in [0.717, 1.165) is 42.0 Å². The lowest BCUT2D eigenvalue weighted by atomic mass is 10.1. The van der Waals surface area contributed by atoms with E-state index in [1.165, 1.54) is 0 Å². The van der Waals surface area contributed by atoms with Gasteiger partial charge in [-0.2, -0.15) is 0 Å². The van der Waals surface area contributed by atoms with Gasteiger partial charge in [-0.25, -0.2) is 4.98 Å². The zero-order valence-electron chi connectivity index (χ0n) is 16.0. The average molecular weight is 375 g/mol. The van der Waals surface area contributed by atoms with Gasteiger partial charge in [0.25, 0.3) is 0 Å². The second-order valence-corrected chi connectivity index (χ2v) is 6.45. The Balaban J connectivity index is 1.43. The van der Waals surface area contributed by atoms with E-state index in [9.17, 15) is 4.79 Å². The van der Waals surface area contributed by atoms with Crippen LogP contribution in [0.4, 0.5) is 11.5 Å². The van der Waals surface area contributed by atoms with Crippen LogP contribution in [0.1, 0.15) is 17.5 Å². The van der Waals surface area contributed by atoms with Crippen molar-refractivity contribution in [3.63, 3.8) is 0 Å². The van der Waals surface area contributed by atoms with Crippen molar-refractivity contribution in [2.45, 2.75) is 19.3 Å². The molecular formula is C23H25N3O2. The van der Waals surface area contributed by atoms with Crippen LogP contribution in [-0.2, 0) is 17.6 Å². The number of pyridine rings is 1. The van der Waals surface area contributed by atoms with Gasteiger partial charge in [-0.1, -0.05) is 48.5 Å². The monoisotopic (exact) mass is 375 g/mol. The molecule has 28 heavy (non-hydrogen) atoms. The van der Waals surface area contributed by atoms with Crippen LogP contribution in [0.15, 0.2) is 72.9 Å². The molecule has 0 unspecified atom stereocenters. The Morgan fingerprint density at radius 1 is 0.964 bits per heavy atom. The second-order valence-electron chi connectivity index (χ2n) is 6.45. The number of benzene rings is 2. The van der Waals surface area contributed by atoms with Gasteiger partial charge in [-0.3, -0.25) is 4.79 Å². The largest absolute Gasteiger partial charge is 0.496 e. The number of anilines is 2. The summed E-state index contributed by atoms with van der Waals surface area (Å²) in [6, 6.07) is 21.7. The number of rotatable bonds is 9. The molecule has 2 N–H and O–H groups in total. The first-order valence-electron chi connectivity index (χ1n) is 9.40. The van der Waals surface area contributed by atoms with Gasteiger partial charge in [-0.15, -0.1) is 0 Å². The lowest BCUT2D eigenvalue weighted by Gasteiger charge is -2.10. The molecule has 144 valence electrons. The van der Waals surface area contributed by atoms with Crippen molar-refractivity contribution in [1.29, 1.82) is 0 Å². The molecule has 5 nitrogen and oxygen atoms in total. The molecule has 1 heterocycles. The van der Waals surface area contributed by atoms with E-state index in [4.69, 9.17) is 4.74 Å². The highest BCUT2D eigenvalue weighted by atomic mass is 16.5. The molecule has 3 rings (SSSR count). The zero-order valence-corrected chi connectivity index (χ0v) is 16.0. The molecule has 0 aliphatic heterocycles. The van der Waals surface area contributed by atoms with Crippen LogP contribution in [0.2, 0.25) is 0 Å². The Bertz CT molecular complexity index is 880. The third-order valence-electron chi connectivity index (χ3n) is 4.43. The maximum absolute atomic E-state index is 12.1. The third-order valence-corrected chi connectivity index (χ3v) is 4.43. The number of hydrogen-bond donors (Lipinski definition) is 2. The summed E-state index contributed by atoms with van der Waals surface area (Å²) in [5.74, 6) is 1.43. The van der Waals surface area contributed by atoms with Gasteiger partial charge in [0, 0.05) is 13.0 Å². The Morgan fingerprint density at radius 3 is 2.50 bits per heavy atom. The fraction of sp³-hybridized carbons (Fsp3) is 0.217. The van der Waals surface area contributed by atoms with Crippen molar-refractivity contribution in [2.24, 2.45) is 0 Å². The topological polar surface area (TPSA) is 63.2 Å². The molecular weight excluding hydrogens is 350 g/mol. The molecule has 0 saturated carbocycles. The molecule has 0 atom stereocenters. The predicted molar refractivity (Wildman–Crippen MR) is 113 cm³/mol. The number of carbonyl (C=O) groups excluding carboxylic acids is 1.